The van der Waals surface area contributed by atoms with Gasteiger partial charge < -0.3 is 25.2 Å². The van der Waals surface area contributed by atoms with Crippen LogP contribution >= 0.6 is 7.82 Å². The molecule has 0 aliphatic heterocycles. The molecular formula is C48H76NO10P. The monoisotopic (exact) mass is 858 g/mol. The van der Waals surface area contributed by atoms with E-state index in [2.05, 4.69) is 103 Å². The zero-order valence-corrected chi connectivity index (χ0v) is 37.4. The van der Waals surface area contributed by atoms with E-state index in [0.29, 0.717) is 19.3 Å². The fourth-order valence-corrected chi connectivity index (χ4v) is 5.82. The fourth-order valence-electron chi connectivity index (χ4n) is 5.04. The van der Waals surface area contributed by atoms with Crippen molar-refractivity contribution in [1.29, 1.82) is 0 Å². The molecule has 0 aliphatic rings. The summed E-state index contributed by atoms with van der Waals surface area (Å²) in [7, 11) is -4.76. The van der Waals surface area contributed by atoms with Crippen LogP contribution in [0.4, 0.5) is 0 Å². The highest BCUT2D eigenvalue weighted by molar-refractivity contribution is 7.47. The Morgan fingerprint density at radius 1 is 0.517 bits per heavy atom. The van der Waals surface area contributed by atoms with Gasteiger partial charge in [0.05, 0.1) is 13.2 Å². The zero-order chi connectivity index (χ0) is 44.2. The number of carboxylic acids is 1. The maximum Gasteiger partial charge on any atom is 0.472 e. The zero-order valence-electron chi connectivity index (χ0n) is 36.5. The molecule has 0 rings (SSSR count). The van der Waals surface area contributed by atoms with Crippen molar-refractivity contribution in [1.82, 2.24) is 0 Å². The van der Waals surface area contributed by atoms with Crippen molar-refractivity contribution in [2.75, 3.05) is 19.8 Å². The summed E-state index contributed by atoms with van der Waals surface area (Å²) in [6, 6.07) is -1.55. The first-order valence-electron chi connectivity index (χ1n) is 21.9. The average Bonchev–Trinajstić information content (AvgIpc) is 3.22. The number of phosphoric acid groups is 1. The number of phosphoric ester groups is 1. The first kappa shape index (κ1) is 56.1. The molecule has 0 spiro atoms. The molecule has 11 nitrogen and oxygen atoms in total. The lowest BCUT2D eigenvalue weighted by Gasteiger charge is -2.20. The van der Waals surface area contributed by atoms with E-state index >= 15 is 0 Å². The van der Waals surface area contributed by atoms with Crippen LogP contribution < -0.4 is 5.73 Å². The molecule has 0 radical (unpaired) electrons. The first-order valence-corrected chi connectivity index (χ1v) is 23.4. The topological polar surface area (TPSA) is 172 Å². The number of carboxylic acid groups (broad SMARTS) is 1. The van der Waals surface area contributed by atoms with E-state index < -0.39 is 57.7 Å². The molecule has 0 amide bonds. The van der Waals surface area contributed by atoms with Gasteiger partial charge in [-0.05, 0) is 89.9 Å². The number of aliphatic carboxylic acids is 1. The predicted octanol–water partition coefficient (Wildman–Crippen LogP) is 11.8. The summed E-state index contributed by atoms with van der Waals surface area (Å²) in [5, 5.41) is 8.89. The molecule has 0 aromatic heterocycles. The standard InChI is InChI=1S/C48H76NO10P/c1-3-5-7-9-11-13-15-17-19-21-22-24-25-27-29-31-33-35-37-39-46(50)56-41-44(42-57-60(54,55)58-43-45(49)48(52)53)59-47(51)40-38-36-34-32-30-28-26-23-20-18-16-14-12-10-8-6-4-2/h11-14,17-20,22,24,26-29,32-35,44-45H,3-10,15-16,21,23,25,30-31,36-43,49H2,1-2H3,(H,52,53)(H,54,55)/b13-11-,14-12-,19-17-,20-18-,24-22-,28-26-,29-27-,34-32-,35-33-/t44-,45+/m1/s1. The normalized spacial score (nSPS) is 14.7. The van der Waals surface area contributed by atoms with Gasteiger partial charge in [0.2, 0.25) is 0 Å². The van der Waals surface area contributed by atoms with Crippen molar-refractivity contribution >= 4 is 25.7 Å². The van der Waals surface area contributed by atoms with Gasteiger partial charge in [-0.1, -0.05) is 149 Å². The first-order chi connectivity index (χ1) is 29.1. The molecule has 12 heteroatoms. The number of allylic oxidation sites excluding steroid dienone is 18. The number of rotatable bonds is 39. The third kappa shape index (κ3) is 40.9. The van der Waals surface area contributed by atoms with E-state index in [0.717, 1.165) is 57.8 Å². The number of ether oxygens (including phenoxy) is 2. The molecule has 1 unspecified atom stereocenters. The van der Waals surface area contributed by atoms with Crippen LogP contribution in [-0.2, 0) is 37.5 Å². The maximum atomic E-state index is 12.6. The molecule has 4 N–H and O–H groups in total. The highest BCUT2D eigenvalue weighted by atomic mass is 31.2. The number of carbonyl (C=O) groups is 3. The second kappa shape index (κ2) is 41.9. The maximum absolute atomic E-state index is 12.6. The summed E-state index contributed by atoms with van der Waals surface area (Å²) < 4.78 is 32.5. The molecule has 0 saturated heterocycles. The van der Waals surface area contributed by atoms with Crippen LogP contribution in [0, 0.1) is 0 Å². The molecule has 0 saturated carbocycles. The Morgan fingerprint density at radius 3 is 1.32 bits per heavy atom. The van der Waals surface area contributed by atoms with Gasteiger partial charge in [0.1, 0.15) is 12.6 Å². The molecule has 0 bridgehead atoms. The number of hydrogen-bond donors (Lipinski definition) is 3. The minimum absolute atomic E-state index is 0.0630. The summed E-state index contributed by atoms with van der Waals surface area (Å²) in [5.74, 6) is -2.57. The lowest BCUT2D eigenvalue weighted by molar-refractivity contribution is -0.161. The van der Waals surface area contributed by atoms with Crippen molar-refractivity contribution in [3.05, 3.63) is 109 Å². The summed E-state index contributed by atoms with van der Waals surface area (Å²) in [4.78, 5) is 45.9. The van der Waals surface area contributed by atoms with Gasteiger partial charge in [-0.2, -0.15) is 0 Å². The van der Waals surface area contributed by atoms with Crippen LogP contribution in [0.2, 0.25) is 0 Å². The lowest BCUT2D eigenvalue weighted by Crippen LogP contribution is -2.34. The number of nitrogens with two attached hydrogens (primary N) is 1. The van der Waals surface area contributed by atoms with Crippen molar-refractivity contribution in [3.63, 3.8) is 0 Å². The van der Waals surface area contributed by atoms with Gasteiger partial charge in [-0.3, -0.25) is 23.4 Å². The Morgan fingerprint density at radius 2 is 0.900 bits per heavy atom. The van der Waals surface area contributed by atoms with Gasteiger partial charge in [0, 0.05) is 12.8 Å². The molecule has 0 aromatic carbocycles. The fraction of sp³-hybridized carbons (Fsp3) is 0.562. The molecule has 3 atom stereocenters. The Labute approximate surface area is 361 Å². The second-order valence-electron chi connectivity index (χ2n) is 14.1. The van der Waals surface area contributed by atoms with Gasteiger partial charge in [-0.15, -0.1) is 0 Å². The van der Waals surface area contributed by atoms with Crippen LogP contribution in [0.1, 0.15) is 142 Å². The summed E-state index contributed by atoms with van der Waals surface area (Å²) >= 11 is 0. The highest BCUT2D eigenvalue weighted by Gasteiger charge is 2.28. The van der Waals surface area contributed by atoms with Gasteiger partial charge in [-0.25, -0.2) is 4.57 Å². The molecule has 0 heterocycles. The lowest BCUT2D eigenvalue weighted by atomic mass is 10.2. The smallest absolute Gasteiger partial charge is 0.472 e. The van der Waals surface area contributed by atoms with Gasteiger partial charge >= 0.3 is 25.7 Å². The SMILES string of the molecule is CCCCC/C=C\C/C=C\C/C=C\C/C=C\C/C=C\CCC(=O)OC[C@H](COP(=O)(O)OC[C@H](N)C(=O)O)OC(=O)CCC/C=C\C/C=C\C/C=C\C/C=C\CCCCC. The van der Waals surface area contributed by atoms with E-state index in [1.807, 2.05) is 24.3 Å². The second-order valence-corrected chi connectivity index (χ2v) is 15.6. The van der Waals surface area contributed by atoms with E-state index in [9.17, 15) is 23.8 Å². The minimum atomic E-state index is -4.76. The van der Waals surface area contributed by atoms with Gasteiger partial charge in [0.25, 0.3) is 0 Å². The summed E-state index contributed by atoms with van der Waals surface area (Å²) in [5.41, 5.74) is 5.32. The van der Waals surface area contributed by atoms with Crippen molar-refractivity contribution < 1.29 is 47.5 Å². The van der Waals surface area contributed by atoms with Crippen LogP contribution in [0.5, 0.6) is 0 Å². The van der Waals surface area contributed by atoms with Crippen LogP contribution in [-0.4, -0.2) is 59.9 Å². The van der Waals surface area contributed by atoms with Crippen molar-refractivity contribution in [2.45, 2.75) is 154 Å². The number of carbonyl (C=O) groups excluding carboxylic acids is 2. The number of esters is 2. The van der Waals surface area contributed by atoms with E-state index in [1.165, 1.54) is 38.5 Å². The number of hydrogen-bond acceptors (Lipinski definition) is 9. The summed E-state index contributed by atoms with van der Waals surface area (Å²) in [6.07, 6.45) is 54.6. The van der Waals surface area contributed by atoms with Crippen molar-refractivity contribution in [2.24, 2.45) is 5.73 Å². The average molecular weight is 858 g/mol. The predicted molar refractivity (Wildman–Crippen MR) is 244 cm³/mol. The molecular weight excluding hydrogens is 781 g/mol. The molecule has 60 heavy (non-hydrogen) atoms. The quantitative estimate of drug-likeness (QED) is 0.0232. The van der Waals surface area contributed by atoms with E-state index in [1.54, 1.807) is 0 Å². The molecule has 0 aliphatic carbocycles. The Hall–Kier alpha value is -3.86. The largest absolute Gasteiger partial charge is 0.480 e. The highest BCUT2D eigenvalue weighted by Crippen LogP contribution is 2.43. The van der Waals surface area contributed by atoms with Crippen LogP contribution in [0.15, 0.2) is 109 Å². The summed E-state index contributed by atoms with van der Waals surface area (Å²) in [6.45, 7) is 2.59. The van der Waals surface area contributed by atoms with Crippen LogP contribution in [0.25, 0.3) is 0 Å². The van der Waals surface area contributed by atoms with Crippen LogP contribution in [0.3, 0.4) is 0 Å². The molecule has 0 fully saturated rings. The Kier molecular flexibility index (Phi) is 39.2. The number of unbranched alkanes of at least 4 members (excludes halogenated alkanes) is 7. The third-order valence-corrected chi connectivity index (χ3v) is 9.46. The Balaban J connectivity index is 4.60. The van der Waals surface area contributed by atoms with Gasteiger partial charge in [0.15, 0.2) is 6.10 Å². The molecule has 338 valence electrons. The minimum Gasteiger partial charge on any atom is -0.480 e. The third-order valence-electron chi connectivity index (χ3n) is 8.51. The Bertz CT molecular complexity index is 1430. The van der Waals surface area contributed by atoms with E-state index in [4.69, 9.17) is 24.8 Å². The van der Waals surface area contributed by atoms with Crippen molar-refractivity contribution in [3.8, 4) is 0 Å². The molecule has 0 aromatic rings. The van der Waals surface area contributed by atoms with E-state index in [-0.39, 0.29) is 12.8 Å².